The second kappa shape index (κ2) is 9.29. The predicted octanol–water partition coefficient (Wildman–Crippen LogP) is 5.64. The van der Waals surface area contributed by atoms with Crippen molar-refractivity contribution in [2.45, 2.75) is 79.0 Å². The van der Waals surface area contributed by atoms with Crippen LogP contribution in [0.25, 0.3) is 0 Å². The fourth-order valence-corrected chi connectivity index (χ4v) is 3.66. The van der Waals surface area contributed by atoms with Gasteiger partial charge in [0.25, 0.3) is 0 Å². The van der Waals surface area contributed by atoms with Crippen molar-refractivity contribution >= 4 is 11.4 Å². The van der Waals surface area contributed by atoms with Crippen molar-refractivity contribution in [1.82, 2.24) is 4.72 Å². The van der Waals surface area contributed by atoms with Crippen LogP contribution in [0.4, 0.5) is 0 Å². The molecule has 0 saturated heterocycles. The summed E-state index contributed by atoms with van der Waals surface area (Å²) in [6, 6.07) is 8.23. The van der Waals surface area contributed by atoms with E-state index in [4.69, 9.17) is 4.74 Å². The average molecular weight is 368 g/mol. The predicted molar refractivity (Wildman–Crippen MR) is 109 cm³/mol. The van der Waals surface area contributed by atoms with Crippen molar-refractivity contribution in [2.24, 2.45) is 11.3 Å². The molecule has 0 aromatic heterocycles. The first-order valence-corrected chi connectivity index (χ1v) is 10.5. The Bertz CT molecular complexity index is 502. The van der Waals surface area contributed by atoms with E-state index in [2.05, 4.69) is 51.5 Å². The largest absolute Gasteiger partial charge is 0.598 e. The lowest BCUT2D eigenvalue weighted by molar-refractivity contribution is 0.251. The van der Waals surface area contributed by atoms with Crippen LogP contribution in [0, 0.1) is 11.3 Å². The first kappa shape index (κ1) is 22.3. The number of ether oxygens (including phenoxy) is 1. The molecule has 1 unspecified atom stereocenters. The van der Waals surface area contributed by atoms with Gasteiger partial charge in [-0.15, -0.1) is 4.72 Å². The van der Waals surface area contributed by atoms with Gasteiger partial charge < -0.3 is 9.29 Å². The van der Waals surface area contributed by atoms with Crippen molar-refractivity contribution in [2.75, 3.05) is 6.61 Å². The van der Waals surface area contributed by atoms with Crippen LogP contribution in [0.15, 0.2) is 24.3 Å². The Morgan fingerprint density at radius 1 is 1.08 bits per heavy atom. The molecule has 4 heteroatoms. The molecule has 0 aliphatic heterocycles. The fourth-order valence-electron chi connectivity index (χ4n) is 2.60. The van der Waals surface area contributed by atoms with Crippen molar-refractivity contribution < 1.29 is 9.29 Å². The highest BCUT2D eigenvalue weighted by Crippen LogP contribution is 2.35. The minimum atomic E-state index is -1.11. The Morgan fingerprint density at radius 2 is 1.64 bits per heavy atom. The molecular formula is C21H37NO2S. The molecule has 1 aromatic rings. The van der Waals surface area contributed by atoms with Gasteiger partial charge in [0.2, 0.25) is 0 Å². The first-order valence-electron chi connectivity index (χ1n) is 9.36. The lowest BCUT2D eigenvalue weighted by Gasteiger charge is -2.35. The van der Waals surface area contributed by atoms with Gasteiger partial charge >= 0.3 is 0 Å². The van der Waals surface area contributed by atoms with E-state index < -0.39 is 11.4 Å². The smallest absolute Gasteiger partial charge is 0.136 e. The molecule has 0 aliphatic rings. The molecule has 144 valence electrons. The third-order valence-corrected chi connectivity index (χ3v) is 5.74. The molecule has 0 fully saturated rings. The van der Waals surface area contributed by atoms with Gasteiger partial charge in [0.15, 0.2) is 0 Å². The second-order valence-electron chi connectivity index (χ2n) is 9.07. The van der Waals surface area contributed by atoms with Crippen LogP contribution < -0.4 is 9.46 Å². The molecule has 1 rings (SSSR count). The SMILES string of the molecule is CCCC(C)COc1ccc([C@@H](N[S@@+]([O-])C(C)(C)C)C(C)(C)C)cc1. The summed E-state index contributed by atoms with van der Waals surface area (Å²) in [6.07, 6.45) is 2.38. The highest BCUT2D eigenvalue weighted by atomic mass is 32.2. The maximum Gasteiger partial charge on any atom is 0.136 e. The van der Waals surface area contributed by atoms with Crippen molar-refractivity contribution in [3.8, 4) is 5.75 Å². The molecular weight excluding hydrogens is 330 g/mol. The summed E-state index contributed by atoms with van der Waals surface area (Å²) in [5.74, 6) is 1.47. The van der Waals surface area contributed by atoms with Gasteiger partial charge in [-0.3, -0.25) is 0 Å². The molecule has 1 N–H and O–H groups in total. The average Bonchev–Trinajstić information content (AvgIpc) is 2.49. The lowest BCUT2D eigenvalue weighted by Crippen LogP contribution is -2.44. The van der Waals surface area contributed by atoms with Crippen LogP contribution in [-0.4, -0.2) is 15.9 Å². The standard InChI is InChI=1S/C21H37NO2S/c1-9-10-16(2)15-24-18-13-11-17(12-14-18)19(20(3,4)5)22-25(23)21(6,7)8/h11-14,16,19,22H,9-10,15H2,1-8H3/t16?,19-,25+/m1/s1. The zero-order chi connectivity index (χ0) is 19.3. The summed E-state index contributed by atoms with van der Waals surface area (Å²) < 4.78 is 21.5. The van der Waals surface area contributed by atoms with Crippen molar-refractivity contribution in [1.29, 1.82) is 0 Å². The van der Waals surface area contributed by atoms with Gasteiger partial charge in [0, 0.05) is 11.4 Å². The minimum absolute atomic E-state index is 0.0145. The zero-order valence-electron chi connectivity index (χ0n) is 17.3. The molecule has 0 aliphatic carbocycles. The van der Waals surface area contributed by atoms with Crippen molar-refractivity contribution in [3.63, 3.8) is 0 Å². The Hall–Kier alpha value is -0.710. The van der Waals surface area contributed by atoms with Gasteiger partial charge in [-0.05, 0) is 56.2 Å². The molecule has 0 radical (unpaired) electrons. The van der Waals surface area contributed by atoms with E-state index in [-0.39, 0.29) is 16.2 Å². The van der Waals surface area contributed by atoms with Gasteiger partial charge in [-0.1, -0.05) is 53.2 Å². The maximum atomic E-state index is 12.6. The topological polar surface area (TPSA) is 44.3 Å². The Morgan fingerprint density at radius 3 is 2.08 bits per heavy atom. The Labute approximate surface area is 158 Å². The fraction of sp³-hybridized carbons (Fsp3) is 0.714. The third-order valence-electron chi connectivity index (χ3n) is 4.18. The quantitative estimate of drug-likeness (QED) is 0.605. The molecule has 3 nitrogen and oxygen atoms in total. The molecule has 3 atom stereocenters. The van der Waals surface area contributed by atoms with E-state index in [1.807, 2.05) is 32.9 Å². The van der Waals surface area contributed by atoms with Crippen LogP contribution in [0.1, 0.15) is 79.8 Å². The molecule has 0 heterocycles. The highest BCUT2D eigenvalue weighted by Gasteiger charge is 2.35. The molecule has 25 heavy (non-hydrogen) atoms. The Balaban J connectivity index is 2.83. The lowest BCUT2D eigenvalue weighted by atomic mass is 9.83. The normalized spacial score (nSPS) is 16.4. The summed E-state index contributed by atoms with van der Waals surface area (Å²) in [6.45, 7) is 17.6. The molecule has 0 spiro atoms. The van der Waals surface area contributed by atoms with E-state index >= 15 is 0 Å². The van der Waals surface area contributed by atoms with Crippen molar-refractivity contribution in [3.05, 3.63) is 29.8 Å². The van der Waals surface area contributed by atoms with Crippen LogP contribution >= 0.6 is 0 Å². The summed E-state index contributed by atoms with van der Waals surface area (Å²) in [5, 5.41) is 0. The first-order chi connectivity index (χ1) is 11.4. The summed E-state index contributed by atoms with van der Waals surface area (Å²) in [7, 11) is 0. The minimum Gasteiger partial charge on any atom is -0.598 e. The van der Waals surface area contributed by atoms with Crippen LogP contribution in [0.2, 0.25) is 0 Å². The number of hydrogen-bond acceptors (Lipinski definition) is 3. The monoisotopic (exact) mass is 367 g/mol. The molecule has 0 saturated carbocycles. The highest BCUT2D eigenvalue weighted by molar-refractivity contribution is 7.90. The summed E-state index contributed by atoms with van der Waals surface area (Å²) in [5.41, 5.74) is 1.10. The third kappa shape index (κ3) is 7.59. The molecule has 0 bridgehead atoms. The number of hydrogen-bond donors (Lipinski definition) is 1. The van der Waals surface area contributed by atoms with E-state index in [0.717, 1.165) is 17.9 Å². The van der Waals surface area contributed by atoms with E-state index in [1.165, 1.54) is 12.8 Å². The number of nitrogens with one attached hydrogen (secondary N) is 1. The van der Waals surface area contributed by atoms with E-state index in [0.29, 0.717) is 5.92 Å². The summed E-state index contributed by atoms with van der Waals surface area (Å²) in [4.78, 5) is 0. The maximum absolute atomic E-state index is 12.6. The number of benzene rings is 1. The molecule has 1 aromatic carbocycles. The van der Waals surface area contributed by atoms with E-state index in [9.17, 15) is 4.55 Å². The van der Waals surface area contributed by atoms with Crippen LogP contribution in [0.5, 0.6) is 5.75 Å². The van der Waals surface area contributed by atoms with Gasteiger partial charge in [0.1, 0.15) is 10.5 Å². The number of rotatable bonds is 8. The van der Waals surface area contributed by atoms with Gasteiger partial charge in [-0.25, -0.2) is 0 Å². The summed E-state index contributed by atoms with van der Waals surface area (Å²) >= 11 is -1.11. The van der Waals surface area contributed by atoms with Crippen LogP contribution in [0.3, 0.4) is 0 Å². The van der Waals surface area contributed by atoms with Gasteiger partial charge in [-0.2, -0.15) is 0 Å². The zero-order valence-corrected chi connectivity index (χ0v) is 18.1. The molecule has 0 amide bonds. The second-order valence-corrected chi connectivity index (χ2v) is 11.1. The van der Waals surface area contributed by atoms with Crippen LogP contribution in [-0.2, 0) is 11.4 Å². The van der Waals surface area contributed by atoms with E-state index in [1.54, 1.807) is 0 Å². The van der Waals surface area contributed by atoms with Gasteiger partial charge in [0.05, 0.1) is 12.6 Å². The Kier molecular flexibility index (Phi) is 8.30.